The molecule has 0 unspecified atom stereocenters. The van der Waals surface area contributed by atoms with Crippen LogP contribution >= 0.6 is 0 Å². The van der Waals surface area contributed by atoms with E-state index in [0.29, 0.717) is 13.2 Å². The van der Waals surface area contributed by atoms with Crippen LogP contribution in [0.15, 0.2) is 30.5 Å². The van der Waals surface area contributed by atoms with Crippen LogP contribution in [0, 0.1) is 0 Å². The van der Waals surface area contributed by atoms with Gasteiger partial charge in [-0.2, -0.15) is 0 Å². The molecule has 5 heteroatoms. The molecule has 4 nitrogen and oxygen atoms in total. The second kappa shape index (κ2) is 6.31. The van der Waals surface area contributed by atoms with Gasteiger partial charge in [-0.3, -0.25) is 0 Å². The molecule has 110 valence electrons. The van der Waals surface area contributed by atoms with Crippen molar-refractivity contribution in [3.63, 3.8) is 0 Å². The molecule has 0 fully saturated rings. The van der Waals surface area contributed by atoms with Gasteiger partial charge in [-0.05, 0) is 24.6 Å². The number of nitrogens with zero attached hydrogens (tertiary/aromatic N) is 1. The molecular weight excluding hydrogens is 274 g/mol. The second-order valence-corrected chi connectivity index (χ2v) is 7.26. The summed E-state index contributed by atoms with van der Waals surface area (Å²) < 4.78 is 30.9. The van der Waals surface area contributed by atoms with Gasteiger partial charge in [0.1, 0.15) is 5.75 Å². The first-order valence-corrected chi connectivity index (χ1v) is 8.80. The molecular formula is C15H21NO3S. The predicted molar refractivity (Wildman–Crippen MR) is 82.1 cm³/mol. The molecule has 20 heavy (non-hydrogen) atoms. The van der Waals surface area contributed by atoms with Crippen LogP contribution in [0.1, 0.15) is 20.3 Å². The average Bonchev–Trinajstić information content (AvgIpc) is 2.87. The highest BCUT2D eigenvalue weighted by Crippen LogP contribution is 2.26. The Bertz CT molecular complexity index is 673. The summed E-state index contributed by atoms with van der Waals surface area (Å²) in [7, 11) is -2.94. The molecule has 0 aliphatic carbocycles. The molecule has 0 aliphatic rings. The van der Waals surface area contributed by atoms with E-state index < -0.39 is 9.84 Å². The molecule has 0 saturated carbocycles. The van der Waals surface area contributed by atoms with E-state index in [1.807, 2.05) is 35.0 Å². The highest BCUT2D eigenvalue weighted by atomic mass is 32.2. The van der Waals surface area contributed by atoms with Crippen LogP contribution in [0.2, 0.25) is 0 Å². The first-order chi connectivity index (χ1) is 9.57. The van der Waals surface area contributed by atoms with Gasteiger partial charge >= 0.3 is 0 Å². The quantitative estimate of drug-likeness (QED) is 0.789. The zero-order chi connectivity index (χ0) is 14.6. The topological polar surface area (TPSA) is 48.3 Å². The van der Waals surface area contributed by atoms with E-state index in [0.717, 1.165) is 23.1 Å². The van der Waals surface area contributed by atoms with Crippen molar-refractivity contribution in [1.29, 1.82) is 0 Å². The maximum absolute atomic E-state index is 11.6. The van der Waals surface area contributed by atoms with Crippen LogP contribution < -0.4 is 4.74 Å². The third kappa shape index (κ3) is 3.33. The van der Waals surface area contributed by atoms with E-state index in [1.165, 1.54) is 0 Å². The largest absolute Gasteiger partial charge is 0.493 e. The van der Waals surface area contributed by atoms with Gasteiger partial charge in [0, 0.05) is 23.9 Å². The zero-order valence-electron chi connectivity index (χ0n) is 12.0. The first-order valence-electron chi connectivity index (χ1n) is 6.98. The van der Waals surface area contributed by atoms with E-state index in [-0.39, 0.29) is 11.5 Å². The molecule has 0 aliphatic heterocycles. The van der Waals surface area contributed by atoms with Gasteiger partial charge in [0.2, 0.25) is 0 Å². The minimum Gasteiger partial charge on any atom is -0.493 e. The summed E-state index contributed by atoms with van der Waals surface area (Å²) in [5, 5.41) is 1.04. The Morgan fingerprint density at radius 2 is 2.00 bits per heavy atom. The number of hydrogen-bond donors (Lipinski definition) is 0. The number of ether oxygens (including phenoxy) is 1. The molecule has 1 heterocycles. The Balaban J connectivity index is 2.24. The highest BCUT2D eigenvalue weighted by molar-refractivity contribution is 7.91. The van der Waals surface area contributed by atoms with Gasteiger partial charge < -0.3 is 9.30 Å². The van der Waals surface area contributed by atoms with Gasteiger partial charge in [0.25, 0.3) is 0 Å². The zero-order valence-corrected chi connectivity index (χ0v) is 12.8. The van der Waals surface area contributed by atoms with Crippen molar-refractivity contribution >= 4 is 20.7 Å². The lowest BCUT2D eigenvalue weighted by atomic mass is 10.2. The summed E-state index contributed by atoms with van der Waals surface area (Å²) in [6.45, 7) is 4.92. The van der Waals surface area contributed by atoms with E-state index in [4.69, 9.17) is 4.74 Å². The summed E-state index contributed by atoms with van der Waals surface area (Å²) in [5.74, 6) is 1.23. The Labute approximate surface area is 120 Å². The van der Waals surface area contributed by atoms with Crippen LogP contribution in [0.3, 0.4) is 0 Å². The second-order valence-electron chi connectivity index (χ2n) is 4.78. The van der Waals surface area contributed by atoms with Crippen LogP contribution in [0.4, 0.5) is 0 Å². The monoisotopic (exact) mass is 295 g/mol. The Hall–Kier alpha value is -1.49. The number of aryl methyl sites for hydroxylation is 1. The maximum Gasteiger partial charge on any atom is 0.151 e. The minimum absolute atomic E-state index is 0.174. The fourth-order valence-electron chi connectivity index (χ4n) is 2.11. The van der Waals surface area contributed by atoms with Gasteiger partial charge in [0.05, 0.1) is 17.9 Å². The number of benzene rings is 1. The minimum atomic E-state index is -2.94. The molecule has 0 saturated heterocycles. The normalized spacial score (nSPS) is 11.9. The number of hydrogen-bond acceptors (Lipinski definition) is 3. The summed E-state index contributed by atoms with van der Waals surface area (Å²) in [6.07, 6.45) is 2.89. The fraction of sp³-hybridized carbons (Fsp3) is 0.467. The third-order valence-corrected chi connectivity index (χ3v) is 5.00. The van der Waals surface area contributed by atoms with Crippen molar-refractivity contribution in [2.75, 3.05) is 18.1 Å². The van der Waals surface area contributed by atoms with Gasteiger partial charge in [-0.1, -0.05) is 19.9 Å². The van der Waals surface area contributed by atoms with Crippen LogP contribution in [-0.4, -0.2) is 31.1 Å². The Morgan fingerprint density at radius 3 is 2.70 bits per heavy atom. The van der Waals surface area contributed by atoms with Crippen LogP contribution in [0.5, 0.6) is 5.75 Å². The van der Waals surface area contributed by atoms with Gasteiger partial charge in [-0.15, -0.1) is 0 Å². The van der Waals surface area contributed by atoms with Gasteiger partial charge in [0.15, 0.2) is 9.84 Å². The third-order valence-electron chi connectivity index (χ3n) is 3.32. The van der Waals surface area contributed by atoms with E-state index in [9.17, 15) is 8.42 Å². The Kier molecular flexibility index (Phi) is 4.70. The van der Waals surface area contributed by atoms with Crippen molar-refractivity contribution < 1.29 is 13.2 Å². The number of rotatable bonds is 7. The van der Waals surface area contributed by atoms with Crippen molar-refractivity contribution in [3.8, 4) is 5.75 Å². The van der Waals surface area contributed by atoms with Crippen molar-refractivity contribution in [2.45, 2.75) is 26.8 Å². The molecule has 2 aromatic rings. The lowest BCUT2D eigenvalue weighted by Gasteiger charge is -2.08. The molecule has 0 radical (unpaired) electrons. The summed E-state index contributed by atoms with van der Waals surface area (Å²) in [6, 6.07) is 7.87. The average molecular weight is 295 g/mol. The lowest BCUT2D eigenvalue weighted by Crippen LogP contribution is -2.14. The standard InChI is InChI=1S/C15H21NO3S/c1-3-11-19-15-7-5-6-14-13(15)8-9-16(14)10-12-20(17,18)4-2/h5-9H,3-4,10-12H2,1-2H3. The van der Waals surface area contributed by atoms with E-state index in [1.54, 1.807) is 6.92 Å². The summed E-state index contributed by atoms with van der Waals surface area (Å²) in [4.78, 5) is 0. The Morgan fingerprint density at radius 1 is 1.20 bits per heavy atom. The molecule has 0 amide bonds. The smallest absolute Gasteiger partial charge is 0.151 e. The van der Waals surface area contributed by atoms with Crippen molar-refractivity contribution in [2.24, 2.45) is 0 Å². The van der Waals surface area contributed by atoms with Crippen molar-refractivity contribution in [1.82, 2.24) is 4.57 Å². The molecule has 2 rings (SSSR count). The molecule has 1 aromatic heterocycles. The molecule has 1 aromatic carbocycles. The molecule has 0 N–H and O–H groups in total. The highest BCUT2D eigenvalue weighted by Gasteiger charge is 2.10. The fourth-order valence-corrected chi connectivity index (χ4v) is 2.87. The molecule has 0 bridgehead atoms. The summed E-state index contributed by atoms with van der Waals surface area (Å²) in [5.41, 5.74) is 1.02. The number of aromatic nitrogens is 1. The van der Waals surface area contributed by atoms with Gasteiger partial charge in [-0.25, -0.2) is 8.42 Å². The summed E-state index contributed by atoms with van der Waals surface area (Å²) >= 11 is 0. The maximum atomic E-state index is 11.6. The molecule has 0 atom stereocenters. The first kappa shape index (κ1) is 14.9. The van der Waals surface area contributed by atoms with Crippen LogP contribution in [0.25, 0.3) is 10.9 Å². The van der Waals surface area contributed by atoms with Crippen LogP contribution in [-0.2, 0) is 16.4 Å². The van der Waals surface area contributed by atoms with E-state index >= 15 is 0 Å². The van der Waals surface area contributed by atoms with E-state index in [2.05, 4.69) is 6.92 Å². The predicted octanol–water partition coefficient (Wildman–Crippen LogP) is 2.86. The number of fused-ring (bicyclic) bond motifs is 1. The number of sulfone groups is 1. The lowest BCUT2D eigenvalue weighted by molar-refractivity contribution is 0.321. The van der Waals surface area contributed by atoms with Crippen molar-refractivity contribution in [3.05, 3.63) is 30.5 Å². The SMILES string of the molecule is CCCOc1cccc2c1ccn2CCS(=O)(=O)CC. The molecule has 0 spiro atoms.